The Bertz CT molecular complexity index is 3400. The lowest BCUT2D eigenvalue weighted by Crippen LogP contribution is -2.14. The average molecular weight is 772 g/mol. The zero-order valence-electron chi connectivity index (χ0n) is 33.8. The maximum Gasteiger partial charge on any atom is 0.160 e. The summed E-state index contributed by atoms with van der Waals surface area (Å²) in [5.74, 6) is 0.605. The van der Waals surface area contributed by atoms with Gasteiger partial charge in [-0.05, 0) is 82.8 Å². The Labute approximate surface area is 349 Å². The number of furan rings is 1. The molecule has 8 aromatic carbocycles. The normalized spacial score (nSPS) is 13.7. The maximum absolute atomic E-state index is 6.49. The second-order valence-corrected chi connectivity index (χ2v) is 16.3. The Morgan fingerprint density at radius 1 is 0.567 bits per heavy atom. The van der Waals surface area contributed by atoms with Crippen LogP contribution in [0.15, 0.2) is 203 Å². The molecule has 0 N–H and O–H groups in total. The number of hydrogen-bond donors (Lipinski definition) is 0. The molecule has 0 unspecified atom stereocenters. The summed E-state index contributed by atoms with van der Waals surface area (Å²) in [6.45, 7) is 11.2. The summed E-state index contributed by atoms with van der Waals surface area (Å²) in [5.41, 5.74) is 17.1. The van der Waals surface area contributed by atoms with Crippen molar-refractivity contribution in [3.63, 3.8) is 0 Å². The number of hydrogen-bond acceptors (Lipinski definition) is 2. The fourth-order valence-electron chi connectivity index (χ4n) is 9.40. The second kappa shape index (κ2) is 13.8. The molecule has 0 fully saturated rings. The SMILES string of the molecule is C=C(N=C(N=C(C)c1ccccc1)c1ccccc1)c1cccc2oc3ccc(-c4ccc5c(c4)c4ccc6c(c4n5-c4ccccc4)-c4ccccc4C6(C)C)cc3c12. The van der Waals surface area contributed by atoms with Crippen molar-refractivity contribution in [3.8, 4) is 27.9 Å². The van der Waals surface area contributed by atoms with Crippen molar-refractivity contribution < 1.29 is 4.42 Å². The molecule has 0 aliphatic heterocycles. The van der Waals surface area contributed by atoms with Crippen LogP contribution in [0.3, 0.4) is 0 Å². The van der Waals surface area contributed by atoms with E-state index in [9.17, 15) is 0 Å². The standard InChI is InChI=1S/C56H41N3O/c1-35(37-17-8-5-9-18-37)57-55(38-19-10-6-11-20-38)58-36(2)42-24-16-26-51-52(42)46-34-40(28-32-50(46)60-51)39-27-31-49-45(33-39)43-29-30-48-53(44-23-14-15-25-47(44)56(48,3)4)54(43)59(49)41-21-12-7-13-22-41/h5-34H,2H2,1,3-4H3. The van der Waals surface area contributed by atoms with Crippen molar-refractivity contribution in [2.75, 3.05) is 0 Å². The molecule has 0 spiro atoms. The summed E-state index contributed by atoms with van der Waals surface area (Å²) in [7, 11) is 0. The minimum absolute atomic E-state index is 0.0983. The molecule has 10 aromatic rings. The Kier molecular flexibility index (Phi) is 8.18. The Morgan fingerprint density at radius 3 is 2.00 bits per heavy atom. The number of aromatic nitrogens is 1. The van der Waals surface area contributed by atoms with Crippen LogP contribution in [-0.2, 0) is 5.41 Å². The second-order valence-electron chi connectivity index (χ2n) is 16.3. The monoisotopic (exact) mass is 771 g/mol. The summed E-state index contributed by atoms with van der Waals surface area (Å²) < 4.78 is 8.96. The van der Waals surface area contributed by atoms with Crippen LogP contribution in [0.2, 0.25) is 0 Å². The quantitative estimate of drug-likeness (QED) is 0.123. The lowest BCUT2D eigenvalue weighted by Gasteiger charge is -2.21. The number of nitrogens with zero attached hydrogens (tertiary/aromatic N) is 3. The highest BCUT2D eigenvalue weighted by molar-refractivity contribution is 6.18. The lowest BCUT2D eigenvalue weighted by atomic mass is 9.82. The van der Waals surface area contributed by atoms with Gasteiger partial charge in [0.2, 0.25) is 0 Å². The first-order valence-corrected chi connectivity index (χ1v) is 20.5. The highest BCUT2D eigenvalue weighted by Crippen LogP contribution is 2.53. The summed E-state index contributed by atoms with van der Waals surface area (Å²) in [4.78, 5) is 10.2. The fourth-order valence-corrected chi connectivity index (χ4v) is 9.40. The predicted octanol–water partition coefficient (Wildman–Crippen LogP) is 14.6. The maximum atomic E-state index is 6.49. The topological polar surface area (TPSA) is 42.8 Å². The van der Waals surface area contributed by atoms with Gasteiger partial charge in [-0.15, -0.1) is 0 Å². The molecule has 4 heteroatoms. The predicted molar refractivity (Wildman–Crippen MR) is 252 cm³/mol. The zero-order valence-corrected chi connectivity index (χ0v) is 33.8. The third-order valence-electron chi connectivity index (χ3n) is 12.4. The largest absolute Gasteiger partial charge is 0.456 e. The van der Waals surface area contributed by atoms with Gasteiger partial charge in [0, 0.05) is 55.0 Å². The van der Waals surface area contributed by atoms with Crippen LogP contribution < -0.4 is 0 Å². The van der Waals surface area contributed by atoms with E-state index in [1.54, 1.807) is 0 Å². The number of para-hydroxylation sites is 1. The van der Waals surface area contributed by atoms with Crippen molar-refractivity contribution in [1.82, 2.24) is 4.57 Å². The summed E-state index contributed by atoms with van der Waals surface area (Å²) in [6.07, 6.45) is 0. The van der Waals surface area contributed by atoms with Crippen molar-refractivity contribution in [2.45, 2.75) is 26.2 Å². The van der Waals surface area contributed by atoms with E-state index in [0.717, 1.165) is 61.2 Å². The van der Waals surface area contributed by atoms with E-state index < -0.39 is 0 Å². The molecule has 0 radical (unpaired) electrons. The highest BCUT2D eigenvalue weighted by Gasteiger charge is 2.37. The number of amidine groups is 1. The van der Waals surface area contributed by atoms with Crippen molar-refractivity contribution in [2.24, 2.45) is 9.98 Å². The molecule has 11 rings (SSSR count). The van der Waals surface area contributed by atoms with Gasteiger partial charge in [-0.3, -0.25) is 0 Å². The Hall–Kier alpha value is -7.56. The van der Waals surface area contributed by atoms with E-state index in [-0.39, 0.29) is 5.41 Å². The van der Waals surface area contributed by atoms with E-state index in [2.05, 4.69) is 146 Å². The van der Waals surface area contributed by atoms with Gasteiger partial charge in [-0.2, -0.15) is 0 Å². The molecule has 2 aromatic heterocycles. The number of benzene rings is 8. The van der Waals surface area contributed by atoms with E-state index in [0.29, 0.717) is 11.5 Å². The Morgan fingerprint density at radius 2 is 1.23 bits per heavy atom. The molecule has 0 atom stereocenters. The van der Waals surface area contributed by atoms with Gasteiger partial charge in [0.15, 0.2) is 5.84 Å². The molecule has 0 bridgehead atoms. The summed E-state index contributed by atoms with van der Waals surface area (Å²) in [6, 6.07) is 64.2. The first kappa shape index (κ1) is 35.6. The molecule has 2 heterocycles. The molecule has 1 aliphatic carbocycles. The number of fused-ring (bicyclic) bond motifs is 10. The summed E-state index contributed by atoms with van der Waals surface area (Å²) in [5, 5.41) is 4.46. The minimum atomic E-state index is -0.0983. The Balaban J connectivity index is 1.07. The van der Waals surface area contributed by atoms with Crippen LogP contribution in [0, 0.1) is 0 Å². The average Bonchev–Trinajstić information content (AvgIpc) is 3.91. The first-order valence-electron chi connectivity index (χ1n) is 20.5. The molecule has 0 saturated heterocycles. The molecule has 0 amide bonds. The van der Waals surface area contributed by atoms with Gasteiger partial charge < -0.3 is 8.98 Å². The molecule has 4 nitrogen and oxygen atoms in total. The van der Waals surface area contributed by atoms with Crippen LogP contribution >= 0.6 is 0 Å². The lowest BCUT2D eigenvalue weighted by molar-refractivity contribution is 0.661. The van der Waals surface area contributed by atoms with Gasteiger partial charge >= 0.3 is 0 Å². The molecule has 0 saturated carbocycles. The van der Waals surface area contributed by atoms with Gasteiger partial charge in [-0.25, -0.2) is 9.98 Å². The van der Waals surface area contributed by atoms with E-state index >= 15 is 0 Å². The van der Waals surface area contributed by atoms with Crippen molar-refractivity contribution in [3.05, 3.63) is 216 Å². The fraction of sp³-hybridized carbons (Fsp3) is 0.0714. The van der Waals surface area contributed by atoms with Crippen molar-refractivity contribution in [1.29, 1.82) is 0 Å². The zero-order chi connectivity index (χ0) is 40.5. The van der Waals surface area contributed by atoms with E-state index in [1.165, 1.54) is 44.1 Å². The number of aliphatic imine (C=N–C) groups is 2. The van der Waals surface area contributed by atoms with Crippen LogP contribution in [0.5, 0.6) is 0 Å². The van der Waals surface area contributed by atoms with Crippen LogP contribution in [0.4, 0.5) is 0 Å². The summed E-state index contributed by atoms with van der Waals surface area (Å²) >= 11 is 0. The van der Waals surface area contributed by atoms with Crippen LogP contribution in [0.25, 0.3) is 77.4 Å². The van der Waals surface area contributed by atoms with Crippen molar-refractivity contribution >= 4 is 61.0 Å². The minimum Gasteiger partial charge on any atom is -0.456 e. The number of rotatable bonds is 6. The van der Waals surface area contributed by atoms with E-state index in [4.69, 9.17) is 14.4 Å². The highest BCUT2D eigenvalue weighted by atomic mass is 16.3. The molecular weight excluding hydrogens is 731 g/mol. The third kappa shape index (κ3) is 5.60. The third-order valence-corrected chi connectivity index (χ3v) is 12.4. The molecular formula is C56H41N3O. The molecule has 286 valence electrons. The molecule has 1 aliphatic rings. The van der Waals surface area contributed by atoms with Gasteiger partial charge in [-0.1, -0.05) is 160 Å². The smallest absolute Gasteiger partial charge is 0.160 e. The van der Waals surface area contributed by atoms with Gasteiger partial charge in [0.25, 0.3) is 0 Å². The van der Waals surface area contributed by atoms with Gasteiger partial charge in [0.05, 0.1) is 16.7 Å². The first-order chi connectivity index (χ1) is 29.3. The molecule has 60 heavy (non-hydrogen) atoms. The van der Waals surface area contributed by atoms with Gasteiger partial charge in [0.1, 0.15) is 11.2 Å². The van der Waals surface area contributed by atoms with Crippen LogP contribution in [-0.4, -0.2) is 16.1 Å². The van der Waals surface area contributed by atoms with E-state index in [1.807, 2.05) is 67.6 Å². The van der Waals surface area contributed by atoms with Crippen LogP contribution in [0.1, 0.15) is 48.6 Å².